The van der Waals surface area contributed by atoms with E-state index in [0.29, 0.717) is 5.69 Å². The minimum atomic E-state index is -0.999. The van der Waals surface area contributed by atoms with Crippen LogP contribution >= 0.6 is 11.6 Å². The highest BCUT2D eigenvalue weighted by Crippen LogP contribution is 2.29. The number of rotatable bonds is 5. The van der Waals surface area contributed by atoms with Crippen molar-refractivity contribution in [2.75, 3.05) is 11.9 Å². The zero-order chi connectivity index (χ0) is 15.2. The summed E-state index contributed by atoms with van der Waals surface area (Å²) in [6.07, 6.45) is 0. The number of para-hydroxylation sites is 1. The summed E-state index contributed by atoms with van der Waals surface area (Å²) in [6, 6.07) is 12.3. The molecule has 0 saturated carbocycles. The number of halogens is 2. The van der Waals surface area contributed by atoms with E-state index in [0.717, 1.165) is 0 Å². The predicted octanol–water partition coefficient (Wildman–Crippen LogP) is 4.20. The van der Waals surface area contributed by atoms with Crippen molar-refractivity contribution in [2.45, 2.75) is 13.0 Å². The Balaban J connectivity index is 2.39. The number of hydrogen-bond acceptors (Lipinski definition) is 3. The maximum atomic E-state index is 14.1. The molecule has 2 aromatic rings. The molecule has 1 atom stereocenters. The zero-order valence-corrected chi connectivity index (χ0v) is 12.2. The Morgan fingerprint density at radius 3 is 2.57 bits per heavy atom. The molecule has 0 spiro atoms. The second-order valence-electron chi connectivity index (χ2n) is 4.33. The van der Waals surface area contributed by atoms with Crippen LogP contribution in [0, 0.1) is 5.82 Å². The zero-order valence-electron chi connectivity index (χ0n) is 11.5. The lowest BCUT2D eigenvalue weighted by molar-refractivity contribution is -0.144. The number of carbonyl (C=O) groups is 1. The van der Waals surface area contributed by atoms with Gasteiger partial charge in [-0.3, -0.25) is 0 Å². The van der Waals surface area contributed by atoms with Gasteiger partial charge in [0.2, 0.25) is 0 Å². The summed E-state index contributed by atoms with van der Waals surface area (Å²) in [6.45, 7) is 1.90. The van der Waals surface area contributed by atoms with Crippen LogP contribution in [0.25, 0.3) is 0 Å². The molecule has 1 N–H and O–H groups in total. The summed E-state index contributed by atoms with van der Waals surface area (Å²) < 4.78 is 19.1. The van der Waals surface area contributed by atoms with Crippen LogP contribution in [0.4, 0.5) is 10.1 Å². The topological polar surface area (TPSA) is 38.3 Å². The van der Waals surface area contributed by atoms with Gasteiger partial charge in [0.1, 0.15) is 5.82 Å². The Bertz CT molecular complexity index is 599. The van der Waals surface area contributed by atoms with Crippen molar-refractivity contribution in [1.29, 1.82) is 0 Å². The molecular formula is C16H15ClFNO2. The number of hydrogen-bond donors (Lipinski definition) is 1. The standard InChI is InChI=1S/C16H15ClFNO2/c1-2-21-16(20)15(19-11-7-4-3-5-8-11)14-12(17)9-6-10-13(14)18/h3-10,15,19H,2H2,1H3. The van der Waals surface area contributed by atoms with Crippen LogP contribution in [-0.2, 0) is 9.53 Å². The van der Waals surface area contributed by atoms with Crippen LogP contribution in [-0.4, -0.2) is 12.6 Å². The van der Waals surface area contributed by atoms with E-state index in [9.17, 15) is 9.18 Å². The summed E-state index contributed by atoms with van der Waals surface area (Å²) >= 11 is 6.05. The quantitative estimate of drug-likeness (QED) is 0.842. The normalized spacial score (nSPS) is 11.8. The monoisotopic (exact) mass is 307 g/mol. The van der Waals surface area contributed by atoms with E-state index in [1.807, 2.05) is 18.2 Å². The van der Waals surface area contributed by atoms with Gasteiger partial charge >= 0.3 is 5.97 Å². The number of ether oxygens (including phenoxy) is 1. The van der Waals surface area contributed by atoms with Crippen molar-refractivity contribution < 1.29 is 13.9 Å². The highest BCUT2D eigenvalue weighted by atomic mass is 35.5. The van der Waals surface area contributed by atoms with Crippen LogP contribution in [0.1, 0.15) is 18.5 Å². The molecule has 0 fully saturated rings. The molecule has 21 heavy (non-hydrogen) atoms. The average Bonchev–Trinajstić information content (AvgIpc) is 2.47. The van der Waals surface area contributed by atoms with Crippen molar-refractivity contribution in [2.24, 2.45) is 0 Å². The minimum Gasteiger partial charge on any atom is -0.464 e. The first kappa shape index (κ1) is 15.3. The van der Waals surface area contributed by atoms with E-state index in [2.05, 4.69) is 5.32 Å². The number of esters is 1. The Labute approximate surface area is 127 Å². The fourth-order valence-corrected chi connectivity index (χ4v) is 2.23. The van der Waals surface area contributed by atoms with Gasteiger partial charge in [-0.1, -0.05) is 35.9 Å². The Kier molecular flexibility index (Phi) is 5.17. The molecule has 0 aliphatic heterocycles. The molecule has 0 bridgehead atoms. The Hall–Kier alpha value is -2.07. The highest BCUT2D eigenvalue weighted by Gasteiger charge is 2.27. The Morgan fingerprint density at radius 2 is 1.95 bits per heavy atom. The summed E-state index contributed by atoms with van der Waals surface area (Å²) in [5.74, 6) is -1.13. The lowest BCUT2D eigenvalue weighted by Crippen LogP contribution is -2.24. The van der Waals surface area contributed by atoms with Gasteiger partial charge < -0.3 is 10.1 Å². The third kappa shape index (κ3) is 3.73. The maximum absolute atomic E-state index is 14.1. The molecule has 2 rings (SSSR count). The number of benzene rings is 2. The average molecular weight is 308 g/mol. The van der Waals surface area contributed by atoms with Crippen molar-refractivity contribution in [3.63, 3.8) is 0 Å². The smallest absolute Gasteiger partial charge is 0.333 e. The van der Waals surface area contributed by atoms with Crippen LogP contribution in [0.15, 0.2) is 48.5 Å². The molecule has 110 valence electrons. The van der Waals surface area contributed by atoms with E-state index >= 15 is 0 Å². The lowest BCUT2D eigenvalue weighted by atomic mass is 10.1. The lowest BCUT2D eigenvalue weighted by Gasteiger charge is -2.20. The van der Waals surface area contributed by atoms with Gasteiger partial charge in [0.15, 0.2) is 6.04 Å². The van der Waals surface area contributed by atoms with Gasteiger partial charge in [-0.15, -0.1) is 0 Å². The highest BCUT2D eigenvalue weighted by molar-refractivity contribution is 6.31. The molecule has 2 aromatic carbocycles. The third-order valence-corrected chi connectivity index (χ3v) is 3.23. The van der Waals surface area contributed by atoms with Crippen LogP contribution < -0.4 is 5.32 Å². The van der Waals surface area contributed by atoms with Crippen molar-refractivity contribution in [3.8, 4) is 0 Å². The van der Waals surface area contributed by atoms with Gasteiger partial charge in [-0.25, -0.2) is 9.18 Å². The molecule has 1 unspecified atom stereocenters. The van der Waals surface area contributed by atoms with E-state index in [4.69, 9.17) is 16.3 Å². The molecule has 0 heterocycles. The molecule has 5 heteroatoms. The minimum absolute atomic E-state index is 0.0847. The van der Waals surface area contributed by atoms with Crippen molar-refractivity contribution in [3.05, 3.63) is 64.9 Å². The fraction of sp³-hybridized carbons (Fsp3) is 0.188. The third-order valence-electron chi connectivity index (χ3n) is 2.90. The first-order chi connectivity index (χ1) is 10.1. The SMILES string of the molecule is CCOC(=O)C(Nc1ccccc1)c1c(F)cccc1Cl. The molecule has 0 aromatic heterocycles. The van der Waals surface area contributed by atoms with Crippen LogP contribution in [0.5, 0.6) is 0 Å². The van der Waals surface area contributed by atoms with Gasteiger partial charge in [0.05, 0.1) is 6.61 Å². The molecule has 0 radical (unpaired) electrons. The number of carbonyl (C=O) groups excluding carboxylic acids is 1. The molecular weight excluding hydrogens is 293 g/mol. The Morgan fingerprint density at radius 1 is 1.24 bits per heavy atom. The van der Waals surface area contributed by atoms with Gasteiger partial charge in [0.25, 0.3) is 0 Å². The summed E-state index contributed by atoms with van der Waals surface area (Å²) in [7, 11) is 0. The maximum Gasteiger partial charge on any atom is 0.333 e. The van der Waals surface area contributed by atoms with E-state index < -0.39 is 17.8 Å². The molecule has 0 saturated heterocycles. The number of anilines is 1. The molecule has 0 aliphatic rings. The number of nitrogens with one attached hydrogen (secondary N) is 1. The fourth-order valence-electron chi connectivity index (χ4n) is 1.96. The molecule has 0 aliphatic carbocycles. The van der Waals surface area contributed by atoms with Crippen molar-refractivity contribution in [1.82, 2.24) is 0 Å². The van der Waals surface area contributed by atoms with Crippen LogP contribution in [0.3, 0.4) is 0 Å². The summed E-state index contributed by atoms with van der Waals surface area (Å²) in [5, 5.41) is 3.14. The van der Waals surface area contributed by atoms with Gasteiger partial charge in [0, 0.05) is 16.3 Å². The van der Waals surface area contributed by atoms with E-state index in [1.165, 1.54) is 12.1 Å². The van der Waals surface area contributed by atoms with E-state index in [1.54, 1.807) is 25.1 Å². The van der Waals surface area contributed by atoms with Gasteiger partial charge in [-0.2, -0.15) is 0 Å². The van der Waals surface area contributed by atoms with E-state index in [-0.39, 0.29) is 17.2 Å². The largest absolute Gasteiger partial charge is 0.464 e. The second kappa shape index (κ2) is 7.09. The first-order valence-corrected chi connectivity index (χ1v) is 6.93. The molecule has 3 nitrogen and oxygen atoms in total. The van der Waals surface area contributed by atoms with Crippen LogP contribution in [0.2, 0.25) is 5.02 Å². The first-order valence-electron chi connectivity index (χ1n) is 6.55. The van der Waals surface area contributed by atoms with Crippen molar-refractivity contribution >= 4 is 23.3 Å². The summed E-state index contributed by atoms with van der Waals surface area (Å²) in [5.41, 5.74) is 0.761. The molecule has 0 amide bonds. The second-order valence-corrected chi connectivity index (χ2v) is 4.74. The summed E-state index contributed by atoms with van der Waals surface area (Å²) in [4.78, 5) is 12.1. The van der Waals surface area contributed by atoms with Gasteiger partial charge in [-0.05, 0) is 31.2 Å². The predicted molar refractivity (Wildman–Crippen MR) is 80.8 cm³/mol.